The molecule has 0 spiro atoms. The van der Waals surface area contributed by atoms with Gasteiger partial charge in [0.05, 0.1) is 17.6 Å². The van der Waals surface area contributed by atoms with Crippen LogP contribution in [0.5, 0.6) is 0 Å². The van der Waals surface area contributed by atoms with Crippen molar-refractivity contribution in [3.05, 3.63) is 42.6 Å². The van der Waals surface area contributed by atoms with E-state index < -0.39 is 9.84 Å². The van der Waals surface area contributed by atoms with Crippen LogP contribution in [0.15, 0.2) is 42.1 Å². The summed E-state index contributed by atoms with van der Waals surface area (Å²) in [6, 6.07) is 4.15. The molecule has 4 aromatic heterocycles. The van der Waals surface area contributed by atoms with Crippen LogP contribution >= 0.6 is 0 Å². The zero-order chi connectivity index (χ0) is 19.5. The number of H-pyrrole nitrogens is 1. The van der Waals surface area contributed by atoms with Crippen molar-refractivity contribution in [2.75, 3.05) is 5.75 Å². The maximum Gasteiger partial charge on any atom is 0.247 e. The Morgan fingerprint density at radius 1 is 1.14 bits per heavy atom. The van der Waals surface area contributed by atoms with Crippen LogP contribution in [0.3, 0.4) is 0 Å². The Balaban J connectivity index is 0.00000205. The number of sulfone groups is 1. The topological polar surface area (TPSA) is 106 Å². The van der Waals surface area contributed by atoms with Gasteiger partial charge in [0, 0.05) is 58.8 Å². The minimum Gasteiger partial charge on any atom is -0.345 e. The third kappa shape index (κ3) is 3.21. The van der Waals surface area contributed by atoms with Crippen molar-refractivity contribution in [3.63, 3.8) is 0 Å². The van der Waals surface area contributed by atoms with Crippen LogP contribution in [0.1, 0.15) is 33.0 Å². The second-order valence-corrected chi connectivity index (χ2v) is 9.22. The Morgan fingerprint density at radius 2 is 1.97 bits per heavy atom. The van der Waals surface area contributed by atoms with Gasteiger partial charge >= 0.3 is 0 Å². The first-order valence-corrected chi connectivity index (χ1v) is 10.7. The van der Waals surface area contributed by atoms with Gasteiger partial charge in [-0.1, -0.05) is 7.43 Å². The van der Waals surface area contributed by atoms with E-state index in [1.165, 1.54) is 0 Å². The number of nitrogens with zero attached hydrogens (tertiary/aromatic N) is 5. The summed E-state index contributed by atoms with van der Waals surface area (Å²) in [4.78, 5) is 16.1. The molecule has 0 aromatic carbocycles. The van der Waals surface area contributed by atoms with Crippen LogP contribution in [-0.4, -0.2) is 43.9 Å². The fourth-order valence-electron chi connectivity index (χ4n) is 3.35. The number of hydrogen-bond donors (Lipinski definition) is 1. The van der Waals surface area contributed by atoms with E-state index in [1.54, 1.807) is 6.20 Å². The van der Waals surface area contributed by atoms with E-state index in [-0.39, 0.29) is 24.4 Å². The van der Waals surface area contributed by atoms with Crippen LogP contribution in [0.2, 0.25) is 0 Å². The molecule has 0 unspecified atom stereocenters. The van der Waals surface area contributed by atoms with Crippen molar-refractivity contribution in [2.45, 2.75) is 38.9 Å². The summed E-state index contributed by atoms with van der Waals surface area (Å²) in [6.45, 7) is 4.15. The largest absolute Gasteiger partial charge is 0.345 e. The third-order valence-electron chi connectivity index (χ3n) is 4.93. The van der Waals surface area contributed by atoms with Gasteiger partial charge in [-0.2, -0.15) is 5.10 Å². The first-order valence-electron chi connectivity index (χ1n) is 9.03. The Bertz CT molecular complexity index is 1320. The van der Waals surface area contributed by atoms with Crippen molar-refractivity contribution >= 4 is 20.9 Å². The number of rotatable bonds is 3. The lowest BCUT2D eigenvalue weighted by molar-refractivity contribution is 0.532. The number of hydrogen-bond acceptors (Lipinski definition) is 6. The van der Waals surface area contributed by atoms with Gasteiger partial charge in [-0.3, -0.25) is 4.68 Å². The summed E-state index contributed by atoms with van der Waals surface area (Å²) in [5.74, 6) is 0.0634. The highest BCUT2D eigenvalue weighted by atomic mass is 32.2. The average Bonchev–Trinajstić information content (AvgIpc) is 3.32. The first kappa shape index (κ1) is 19.3. The van der Waals surface area contributed by atoms with E-state index in [9.17, 15) is 8.42 Å². The maximum absolute atomic E-state index is 12.2. The van der Waals surface area contributed by atoms with Gasteiger partial charge in [0.15, 0.2) is 0 Å². The molecular formula is C20H22N6O2S. The van der Waals surface area contributed by atoms with Gasteiger partial charge in [-0.15, -0.1) is 0 Å². The number of pyridine rings is 1. The average molecular weight is 411 g/mol. The van der Waals surface area contributed by atoms with Gasteiger partial charge < -0.3 is 4.98 Å². The van der Waals surface area contributed by atoms with Crippen molar-refractivity contribution in [1.29, 1.82) is 0 Å². The molecule has 0 radical (unpaired) electrons. The van der Waals surface area contributed by atoms with Gasteiger partial charge in [0.25, 0.3) is 0 Å². The molecule has 5 rings (SSSR count). The smallest absolute Gasteiger partial charge is 0.247 e. The lowest BCUT2D eigenvalue weighted by Gasteiger charge is -2.12. The molecule has 150 valence electrons. The van der Waals surface area contributed by atoms with Crippen molar-refractivity contribution < 1.29 is 8.42 Å². The summed E-state index contributed by atoms with van der Waals surface area (Å²) in [6.07, 6.45) is 7.83. The fourth-order valence-corrected chi connectivity index (χ4v) is 4.51. The SMILES string of the molecule is C.CC(C)n1cc(-c2cnc3[nH]cc(-c4cc5nc(n4)S(=O)(=O)CC5)c3c2)cn1. The fraction of sp³-hybridized carbons (Fsp3) is 0.300. The normalized spacial score (nSPS) is 14.9. The van der Waals surface area contributed by atoms with Crippen molar-refractivity contribution in [3.8, 4) is 22.4 Å². The summed E-state index contributed by atoms with van der Waals surface area (Å²) < 4.78 is 26.2. The summed E-state index contributed by atoms with van der Waals surface area (Å²) >= 11 is 0. The molecular weight excluding hydrogens is 388 g/mol. The minimum absolute atomic E-state index is 0. The molecule has 0 saturated heterocycles. The molecule has 0 fully saturated rings. The van der Waals surface area contributed by atoms with Crippen LogP contribution in [-0.2, 0) is 16.3 Å². The summed E-state index contributed by atoms with van der Waals surface area (Å²) in [5.41, 5.74) is 4.77. The molecule has 9 heteroatoms. The molecule has 4 aromatic rings. The van der Waals surface area contributed by atoms with E-state index in [0.29, 0.717) is 12.1 Å². The van der Waals surface area contributed by atoms with Crippen LogP contribution in [0, 0.1) is 0 Å². The second kappa shape index (κ2) is 6.77. The van der Waals surface area contributed by atoms with E-state index >= 15 is 0 Å². The molecule has 0 saturated carbocycles. The molecule has 0 atom stereocenters. The Morgan fingerprint density at radius 3 is 2.72 bits per heavy atom. The number of aryl methyl sites for hydroxylation is 1. The van der Waals surface area contributed by atoms with Gasteiger partial charge in [0.2, 0.25) is 15.0 Å². The quantitative estimate of drug-likeness (QED) is 0.519. The standard InChI is InChI=1S/C19H18N6O2S.CH4/c1-11(2)25-10-13(8-22-25)12-5-15-16(9-21-18(15)20-7-12)17-6-14-3-4-28(26,27)19(23-14)24-17;/h5-11H,3-4H2,1-2H3,(H,20,21);1H4. The van der Waals surface area contributed by atoms with Gasteiger partial charge in [0.1, 0.15) is 5.65 Å². The van der Waals surface area contributed by atoms with Crippen molar-refractivity contribution in [2.24, 2.45) is 0 Å². The monoisotopic (exact) mass is 410 g/mol. The molecule has 29 heavy (non-hydrogen) atoms. The summed E-state index contributed by atoms with van der Waals surface area (Å²) in [5, 5.41) is 5.18. The Hall–Kier alpha value is -3.07. The number of fused-ring (bicyclic) bond motifs is 3. The maximum atomic E-state index is 12.2. The van der Waals surface area contributed by atoms with Gasteiger partial charge in [-0.25, -0.2) is 23.4 Å². The highest BCUT2D eigenvalue weighted by molar-refractivity contribution is 7.91. The lowest BCUT2D eigenvalue weighted by Crippen LogP contribution is -2.20. The zero-order valence-corrected chi connectivity index (χ0v) is 16.2. The number of aromatic amines is 1. The molecule has 2 bridgehead atoms. The second-order valence-electron chi connectivity index (χ2n) is 7.22. The molecule has 5 heterocycles. The molecule has 0 amide bonds. The Kier molecular flexibility index (Phi) is 4.49. The molecule has 0 aliphatic carbocycles. The number of aromatic nitrogens is 6. The van der Waals surface area contributed by atoms with Gasteiger partial charge in [-0.05, 0) is 26.0 Å². The molecule has 1 N–H and O–H groups in total. The molecule has 8 nitrogen and oxygen atoms in total. The predicted molar refractivity (Wildman–Crippen MR) is 111 cm³/mol. The van der Waals surface area contributed by atoms with Crippen molar-refractivity contribution in [1.82, 2.24) is 29.7 Å². The molecule has 1 aliphatic heterocycles. The lowest BCUT2D eigenvalue weighted by atomic mass is 10.1. The summed E-state index contributed by atoms with van der Waals surface area (Å²) in [7, 11) is -3.40. The number of nitrogens with one attached hydrogen (secondary N) is 1. The first-order chi connectivity index (χ1) is 13.4. The van der Waals surface area contributed by atoms with E-state index in [1.807, 2.05) is 35.4 Å². The van der Waals surface area contributed by atoms with Crippen LogP contribution < -0.4 is 0 Å². The Labute approximate surface area is 169 Å². The molecule has 1 aliphatic rings. The zero-order valence-electron chi connectivity index (χ0n) is 15.4. The minimum atomic E-state index is -3.40. The van der Waals surface area contributed by atoms with Crippen LogP contribution in [0.25, 0.3) is 33.4 Å². The van der Waals surface area contributed by atoms with E-state index in [0.717, 1.165) is 33.4 Å². The van der Waals surface area contributed by atoms with E-state index in [4.69, 9.17) is 0 Å². The van der Waals surface area contributed by atoms with E-state index in [2.05, 4.69) is 38.9 Å². The van der Waals surface area contributed by atoms with Crippen LogP contribution in [0.4, 0.5) is 0 Å². The highest BCUT2D eigenvalue weighted by Crippen LogP contribution is 2.31. The highest BCUT2D eigenvalue weighted by Gasteiger charge is 2.26. The third-order valence-corrected chi connectivity index (χ3v) is 6.42. The predicted octanol–water partition coefficient (Wildman–Crippen LogP) is 3.43.